The third-order valence-corrected chi connectivity index (χ3v) is 14.9. The average Bonchev–Trinajstić information content (AvgIpc) is 3.66. The number of carboxylic acids is 1. The molecule has 1 aromatic carbocycles. The van der Waals surface area contributed by atoms with Gasteiger partial charge in [-0.2, -0.15) is 0 Å². The fraction of sp³-hybridized carbons (Fsp3) is 0.667. The number of ketones is 1. The average molecular weight is 704 g/mol. The van der Waals surface area contributed by atoms with Crippen LogP contribution in [0.3, 0.4) is 0 Å². The molecule has 9 unspecified atom stereocenters. The molecule has 0 saturated heterocycles. The van der Waals surface area contributed by atoms with Gasteiger partial charge in [-0.25, -0.2) is 4.98 Å². The van der Waals surface area contributed by atoms with Crippen molar-refractivity contribution in [3.63, 3.8) is 0 Å². The molecule has 50 heavy (non-hydrogen) atoms. The highest BCUT2D eigenvalue weighted by Gasteiger charge is 2.65. The summed E-state index contributed by atoms with van der Waals surface area (Å²) in [5.74, 6) is 2.47. The molecule has 7 nitrogen and oxygen atoms in total. The maximum absolute atomic E-state index is 14.0. The molecule has 0 aliphatic heterocycles. The maximum Gasteiger partial charge on any atom is 0.309 e. The Hall–Kier alpha value is -2.93. The van der Waals surface area contributed by atoms with Gasteiger partial charge in [-0.05, 0) is 147 Å². The zero-order valence-electron chi connectivity index (χ0n) is 30.8. The lowest BCUT2D eigenvalue weighted by molar-refractivity contribution is -0.191. The van der Waals surface area contributed by atoms with Gasteiger partial charge in [0, 0.05) is 17.0 Å². The van der Waals surface area contributed by atoms with E-state index >= 15 is 0 Å². The third kappa shape index (κ3) is 5.42. The quantitative estimate of drug-likeness (QED) is 0.286. The number of benzene rings is 1. The molecule has 270 valence electrons. The van der Waals surface area contributed by atoms with Gasteiger partial charge >= 0.3 is 11.9 Å². The van der Waals surface area contributed by atoms with Crippen LogP contribution in [0.5, 0.6) is 0 Å². The monoisotopic (exact) mass is 703 g/mol. The molecule has 5 aliphatic carbocycles. The number of aromatic nitrogens is 1. The number of hydrogen-bond acceptors (Lipinski definition) is 6. The Balaban J connectivity index is 1.16. The highest BCUT2D eigenvalue weighted by Crippen LogP contribution is 2.72. The predicted molar refractivity (Wildman–Crippen MR) is 192 cm³/mol. The second-order valence-electron chi connectivity index (χ2n) is 18.0. The number of allylic oxidation sites excluding steroid dienone is 2. The van der Waals surface area contributed by atoms with Crippen molar-refractivity contribution in [2.75, 3.05) is 0 Å². The minimum absolute atomic E-state index is 0.119. The Morgan fingerprint density at radius 2 is 1.68 bits per heavy atom. The van der Waals surface area contributed by atoms with E-state index in [0.717, 1.165) is 68.3 Å². The van der Waals surface area contributed by atoms with Crippen molar-refractivity contribution in [2.24, 2.45) is 51.8 Å². The van der Waals surface area contributed by atoms with Gasteiger partial charge in [0.25, 0.3) is 0 Å². The summed E-state index contributed by atoms with van der Waals surface area (Å²) in [5.41, 5.74) is 1.96. The van der Waals surface area contributed by atoms with Crippen LogP contribution in [-0.4, -0.2) is 33.9 Å². The zero-order chi connectivity index (χ0) is 36.0. The standard InChI is InChI=1S/C42H54ClNO6/c1-23(2)35-30(45)20-42(33-22-44-37(50-33)25-8-10-26(43)11-9-25)19-15-29-27(36(35)42)12-13-32-40(6)18-16-31(24(3)28(40)14-17-41(29,32)7)49-34(46)21-39(4,5)38(47)48/h8-11,22-24,27-29,31-32H,12-21H2,1-7H3,(H,47,48). The van der Waals surface area contributed by atoms with E-state index < -0.39 is 22.8 Å². The van der Waals surface area contributed by atoms with Gasteiger partial charge in [-0.15, -0.1) is 0 Å². The lowest BCUT2D eigenvalue weighted by atomic mass is 9.38. The summed E-state index contributed by atoms with van der Waals surface area (Å²) in [7, 11) is 0. The molecule has 4 saturated carbocycles. The van der Waals surface area contributed by atoms with Crippen LogP contribution in [-0.2, 0) is 24.5 Å². The van der Waals surface area contributed by atoms with Crippen LogP contribution in [0.25, 0.3) is 11.5 Å². The van der Waals surface area contributed by atoms with Crippen molar-refractivity contribution in [1.82, 2.24) is 4.98 Å². The number of ether oxygens (including phenoxy) is 1. The summed E-state index contributed by atoms with van der Waals surface area (Å²) < 4.78 is 12.7. The third-order valence-electron chi connectivity index (χ3n) is 14.6. The predicted octanol–water partition coefficient (Wildman–Crippen LogP) is 9.86. The smallest absolute Gasteiger partial charge is 0.309 e. The summed E-state index contributed by atoms with van der Waals surface area (Å²) in [5, 5.41) is 10.2. The topological polar surface area (TPSA) is 107 Å². The SMILES string of the molecule is CC(C)C1=C2C3CCC4C(C)(CCC5C(C)C(OC(=O)CC(C)(C)C(=O)O)CCC54C)C3CCC2(c2cnc(-c3ccc(Cl)cc3)o2)CC1=O. The molecule has 1 aromatic heterocycles. The molecule has 0 bridgehead atoms. The summed E-state index contributed by atoms with van der Waals surface area (Å²) in [6.07, 6.45) is 10.3. The Morgan fingerprint density at radius 1 is 1.02 bits per heavy atom. The number of esters is 1. The lowest BCUT2D eigenvalue weighted by Crippen LogP contribution is -2.60. The molecular formula is C42H54ClNO6. The van der Waals surface area contributed by atoms with Gasteiger partial charge in [0.05, 0.1) is 23.4 Å². The van der Waals surface area contributed by atoms with Gasteiger partial charge in [-0.3, -0.25) is 14.4 Å². The molecule has 1 N–H and O–H groups in total. The summed E-state index contributed by atoms with van der Waals surface area (Å²) in [4.78, 5) is 43.3. The minimum Gasteiger partial charge on any atom is -0.481 e. The fourth-order valence-corrected chi connectivity index (χ4v) is 12.4. The molecule has 0 amide bonds. The summed E-state index contributed by atoms with van der Waals surface area (Å²) >= 11 is 6.16. The molecule has 0 spiro atoms. The number of aliphatic carboxylic acids is 1. The Bertz CT molecular complexity index is 1720. The minimum atomic E-state index is -1.15. The first-order chi connectivity index (χ1) is 23.5. The first kappa shape index (κ1) is 35.5. The van der Waals surface area contributed by atoms with Crippen molar-refractivity contribution in [3.8, 4) is 11.5 Å². The fourth-order valence-electron chi connectivity index (χ4n) is 12.2. The van der Waals surface area contributed by atoms with Crippen LogP contribution < -0.4 is 0 Å². The van der Waals surface area contributed by atoms with Crippen molar-refractivity contribution in [2.45, 2.75) is 124 Å². The van der Waals surface area contributed by atoms with Crippen LogP contribution in [0.4, 0.5) is 0 Å². The number of oxazole rings is 1. The molecule has 0 radical (unpaired) electrons. The molecular weight excluding hydrogens is 650 g/mol. The van der Waals surface area contributed by atoms with E-state index in [1.807, 2.05) is 30.5 Å². The van der Waals surface area contributed by atoms with Crippen molar-refractivity contribution in [1.29, 1.82) is 0 Å². The Morgan fingerprint density at radius 3 is 2.36 bits per heavy atom. The highest BCUT2D eigenvalue weighted by molar-refractivity contribution is 6.30. The van der Waals surface area contributed by atoms with Gasteiger partial charge in [0.2, 0.25) is 5.89 Å². The van der Waals surface area contributed by atoms with E-state index in [1.165, 1.54) is 5.57 Å². The highest BCUT2D eigenvalue weighted by atomic mass is 35.5. The van der Waals surface area contributed by atoms with E-state index in [4.69, 9.17) is 25.7 Å². The van der Waals surface area contributed by atoms with Crippen LogP contribution in [0.15, 0.2) is 46.0 Å². The molecule has 7 rings (SSSR count). The largest absolute Gasteiger partial charge is 0.481 e. The van der Waals surface area contributed by atoms with E-state index in [2.05, 4.69) is 34.6 Å². The van der Waals surface area contributed by atoms with Gasteiger partial charge in [-0.1, -0.05) is 46.2 Å². The van der Waals surface area contributed by atoms with Crippen LogP contribution in [0, 0.1) is 51.8 Å². The van der Waals surface area contributed by atoms with Gasteiger partial charge in [0.15, 0.2) is 5.78 Å². The second kappa shape index (κ2) is 12.3. The first-order valence-corrected chi connectivity index (χ1v) is 19.3. The number of carbonyl (C=O) groups excluding carboxylic acids is 2. The van der Waals surface area contributed by atoms with Gasteiger partial charge < -0.3 is 14.3 Å². The lowest BCUT2D eigenvalue weighted by Gasteiger charge is -2.67. The van der Waals surface area contributed by atoms with E-state index in [1.54, 1.807) is 13.8 Å². The number of carbonyl (C=O) groups is 3. The number of hydrogen-bond donors (Lipinski definition) is 1. The molecule has 9 atom stereocenters. The Labute approximate surface area is 302 Å². The number of nitrogens with zero attached hydrogens (tertiary/aromatic N) is 1. The van der Waals surface area contributed by atoms with E-state index in [0.29, 0.717) is 41.0 Å². The van der Waals surface area contributed by atoms with Crippen LogP contribution >= 0.6 is 11.6 Å². The molecule has 2 aromatic rings. The second-order valence-corrected chi connectivity index (χ2v) is 18.5. The normalized spacial score (nSPS) is 36.8. The molecule has 8 heteroatoms. The summed E-state index contributed by atoms with van der Waals surface area (Å²) in [6.45, 7) is 14.8. The number of Topliss-reactive ketones (excluding diaryl/α,β-unsaturated/α-hetero) is 1. The molecule has 5 aliphatic rings. The van der Waals surface area contributed by atoms with E-state index in [-0.39, 0.29) is 41.0 Å². The number of rotatable bonds is 7. The number of carboxylic acid groups (broad SMARTS) is 1. The first-order valence-electron chi connectivity index (χ1n) is 18.9. The van der Waals surface area contributed by atoms with Crippen molar-refractivity contribution in [3.05, 3.63) is 52.4 Å². The summed E-state index contributed by atoms with van der Waals surface area (Å²) in [6, 6.07) is 7.56. The number of fused-ring (bicyclic) bond motifs is 7. The number of halogens is 1. The Kier molecular flexibility index (Phi) is 8.76. The van der Waals surface area contributed by atoms with Crippen molar-refractivity contribution < 1.29 is 28.6 Å². The molecule has 1 heterocycles. The molecule has 4 fully saturated rings. The van der Waals surface area contributed by atoms with Gasteiger partial charge in [0.1, 0.15) is 11.9 Å². The van der Waals surface area contributed by atoms with Crippen LogP contribution in [0.2, 0.25) is 5.02 Å². The van der Waals surface area contributed by atoms with Crippen LogP contribution in [0.1, 0.15) is 118 Å². The zero-order valence-corrected chi connectivity index (χ0v) is 31.6. The van der Waals surface area contributed by atoms with E-state index in [9.17, 15) is 19.5 Å². The maximum atomic E-state index is 14.0. The van der Waals surface area contributed by atoms with Crippen molar-refractivity contribution >= 4 is 29.3 Å².